The van der Waals surface area contributed by atoms with Gasteiger partial charge in [0, 0.05) is 17.8 Å². The van der Waals surface area contributed by atoms with Crippen LogP contribution in [0.15, 0.2) is 47.2 Å². The number of nitro groups is 1. The first-order valence-corrected chi connectivity index (χ1v) is 8.17. The molecule has 0 saturated carbocycles. The van der Waals surface area contributed by atoms with Gasteiger partial charge < -0.3 is 0 Å². The van der Waals surface area contributed by atoms with E-state index in [-0.39, 0.29) is 16.9 Å². The molecule has 0 radical (unpaired) electrons. The monoisotopic (exact) mass is 371 g/mol. The van der Waals surface area contributed by atoms with Crippen molar-refractivity contribution in [1.29, 1.82) is 0 Å². The Morgan fingerprint density at radius 3 is 2.62 bits per heavy atom. The summed E-state index contributed by atoms with van der Waals surface area (Å²) in [6.07, 6.45) is 1.50. The Balaban J connectivity index is 2.27. The number of nitrogens with zero attached hydrogens (tertiary/aromatic N) is 2. The van der Waals surface area contributed by atoms with Crippen molar-refractivity contribution in [2.45, 2.75) is 5.75 Å². The minimum Gasteiger partial charge on any atom is -0.281 e. The normalized spacial score (nSPS) is 11.1. The van der Waals surface area contributed by atoms with E-state index in [0.717, 1.165) is 0 Å². The van der Waals surface area contributed by atoms with E-state index in [1.165, 1.54) is 30.5 Å². The van der Waals surface area contributed by atoms with Gasteiger partial charge >= 0.3 is 0 Å². The van der Waals surface area contributed by atoms with Crippen LogP contribution in [0.3, 0.4) is 0 Å². The number of anilines is 1. The van der Waals surface area contributed by atoms with Gasteiger partial charge in [-0.2, -0.15) is 0 Å². The zero-order valence-electron chi connectivity index (χ0n) is 10.6. The van der Waals surface area contributed by atoms with Crippen LogP contribution in [0.2, 0.25) is 0 Å². The number of hydrogen-bond acceptors (Lipinski definition) is 5. The van der Waals surface area contributed by atoms with Crippen molar-refractivity contribution in [1.82, 2.24) is 4.98 Å². The largest absolute Gasteiger partial charge is 0.281 e. The van der Waals surface area contributed by atoms with Gasteiger partial charge in [-0.05, 0) is 28.1 Å². The highest BCUT2D eigenvalue weighted by atomic mass is 79.9. The minimum absolute atomic E-state index is 0.120. The maximum atomic E-state index is 12.1. The summed E-state index contributed by atoms with van der Waals surface area (Å²) in [5.74, 6) is -0.495. The van der Waals surface area contributed by atoms with E-state index >= 15 is 0 Å². The Bertz CT molecular complexity index is 780. The lowest BCUT2D eigenvalue weighted by molar-refractivity contribution is -0.385. The molecule has 1 N–H and O–H groups in total. The first-order chi connectivity index (χ1) is 9.89. The third-order valence-electron chi connectivity index (χ3n) is 2.56. The molecule has 0 spiro atoms. The summed E-state index contributed by atoms with van der Waals surface area (Å²) in [5.41, 5.74) is 0.166. The Morgan fingerprint density at radius 2 is 1.95 bits per heavy atom. The molecule has 0 aliphatic carbocycles. The smallest absolute Gasteiger partial charge is 0.273 e. The van der Waals surface area contributed by atoms with Gasteiger partial charge in [-0.25, -0.2) is 13.4 Å². The van der Waals surface area contributed by atoms with Gasteiger partial charge in [0.05, 0.1) is 10.6 Å². The molecule has 1 aromatic carbocycles. The molecule has 0 saturated heterocycles. The van der Waals surface area contributed by atoms with Crippen molar-refractivity contribution >= 4 is 37.3 Å². The van der Waals surface area contributed by atoms with Crippen LogP contribution < -0.4 is 4.72 Å². The molecule has 1 heterocycles. The van der Waals surface area contributed by atoms with Crippen molar-refractivity contribution < 1.29 is 13.3 Å². The summed E-state index contributed by atoms with van der Waals surface area (Å²) in [4.78, 5) is 14.2. The minimum atomic E-state index is -3.79. The molecule has 7 nitrogen and oxygen atoms in total. The molecule has 0 atom stereocenters. The van der Waals surface area contributed by atoms with E-state index in [1.54, 1.807) is 12.1 Å². The van der Waals surface area contributed by atoms with Gasteiger partial charge in [-0.1, -0.05) is 18.2 Å². The lowest BCUT2D eigenvalue weighted by Gasteiger charge is -2.09. The number of halogens is 1. The second-order valence-corrected chi connectivity index (χ2v) is 6.56. The first kappa shape index (κ1) is 15.4. The van der Waals surface area contributed by atoms with Crippen molar-refractivity contribution in [2.75, 3.05) is 4.72 Å². The molecule has 0 bridgehead atoms. The summed E-state index contributed by atoms with van der Waals surface area (Å²) in [5, 5.41) is 10.9. The number of nitro benzene ring substituents is 1. The van der Waals surface area contributed by atoms with Crippen LogP contribution in [0, 0.1) is 10.1 Å². The number of para-hydroxylation sites is 1. The molecule has 2 aromatic rings. The third kappa shape index (κ3) is 3.99. The van der Waals surface area contributed by atoms with Crippen LogP contribution in [0.4, 0.5) is 11.4 Å². The number of nitrogens with one attached hydrogen (secondary N) is 1. The number of hydrogen-bond donors (Lipinski definition) is 1. The molecule has 0 fully saturated rings. The predicted octanol–water partition coefficient (Wildman–Crippen LogP) is 2.69. The zero-order chi connectivity index (χ0) is 15.5. The summed E-state index contributed by atoms with van der Waals surface area (Å²) in [6.45, 7) is 0. The van der Waals surface area contributed by atoms with Crippen LogP contribution in [0.1, 0.15) is 5.56 Å². The average Bonchev–Trinajstić information content (AvgIpc) is 2.41. The maximum Gasteiger partial charge on any atom is 0.273 e. The van der Waals surface area contributed by atoms with Gasteiger partial charge in [-0.15, -0.1) is 0 Å². The van der Waals surface area contributed by atoms with Crippen LogP contribution in [-0.4, -0.2) is 18.3 Å². The summed E-state index contributed by atoms with van der Waals surface area (Å²) < 4.78 is 26.9. The number of pyridine rings is 1. The van der Waals surface area contributed by atoms with Crippen LogP contribution >= 0.6 is 15.9 Å². The molecule has 2 rings (SSSR count). The van der Waals surface area contributed by atoms with Crippen molar-refractivity contribution in [3.8, 4) is 0 Å². The van der Waals surface area contributed by atoms with Crippen molar-refractivity contribution in [3.63, 3.8) is 0 Å². The molecule has 1 aromatic heterocycles. The molecule has 21 heavy (non-hydrogen) atoms. The van der Waals surface area contributed by atoms with Crippen molar-refractivity contribution in [3.05, 3.63) is 62.9 Å². The fourth-order valence-electron chi connectivity index (χ4n) is 1.68. The molecule has 0 amide bonds. The van der Waals surface area contributed by atoms with Gasteiger partial charge in [0.25, 0.3) is 5.69 Å². The van der Waals surface area contributed by atoms with E-state index in [1.807, 2.05) is 0 Å². The van der Waals surface area contributed by atoms with E-state index < -0.39 is 20.7 Å². The van der Waals surface area contributed by atoms with E-state index in [2.05, 4.69) is 25.6 Å². The number of aromatic nitrogens is 1. The van der Waals surface area contributed by atoms with Crippen LogP contribution in [0.5, 0.6) is 0 Å². The maximum absolute atomic E-state index is 12.1. The van der Waals surface area contributed by atoms with E-state index in [9.17, 15) is 18.5 Å². The summed E-state index contributed by atoms with van der Waals surface area (Å²) >= 11 is 3.13. The second kappa shape index (κ2) is 6.19. The van der Waals surface area contributed by atoms with Crippen LogP contribution in [-0.2, 0) is 15.8 Å². The standard InChI is InChI=1S/C12H10BrN3O4S/c13-12-10(5-3-7-14-12)15-21(19,20)8-9-4-1-2-6-11(9)16(17)18/h1-7,15H,8H2. The molecule has 0 aliphatic rings. The number of rotatable bonds is 5. The van der Waals surface area contributed by atoms with Crippen LogP contribution in [0.25, 0.3) is 0 Å². The number of benzene rings is 1. The second-order valence-electron chi connectivity index (χ2n) is 4.09. The van der Waals surface area contributed by atoms with Gasteiger partial charge in [-0.3, -0.25) is 14.8 Å². The molecule has 9 heteroatoms. The third-order valence-corrected chi connectivity index (χ3v) is 4.41. The quantitative estimate of drug-likeness (QED) is 0.494. The Kier molecular flexibility index (Phi) is 4.53. The number of sulfonamides is 1. The molecular formula is C12H10BrN3O4S. The highest BCUT2D eigenvalue weighted by Crippen LogP contribution is 2.23. The topological polar surface area (TPSA) is 102 Å². The molecular weight excluding hydrogens is 362 g/mol. The fraction of sp³-hybridized carbons (Fsp3) is 0.0833. The fourth-order valence-corrected chi connectivity index (χ4v) is 3.39. The zero-order valence-corrected chi connectivity index (χ0v) is 13.0. The highest BCUT2D eigenvalue weighted by molar-refractivity contribution is 9.10. The molecule has 110 valence electrons. The van der Waals surface area contributed by atoms with Gasteiger partial charge in [0.15, 0.2) is 0 Å². The highest BCUT2D eigenvalue weighted by Gasteiger charge is 2.20. The first-order valence-electron chi connectivity index (χ1n) is 5.72. The SMILES string of the molecule is O=[N+]([O-])c1ccccc1CS(=O)(=O)Nc1cccnc1Br. The van der Waals surface area contributed by atoms with E-state index in [4.69, 9.17) is 0 Å². The Morgan fingerprint density at radius 1 is 1.24 bits per heavy atom. The van der Waals surface area contributed by atoms with Gasteiger partial charge in [0.1, 0.15) is 10.4 Å². The Hall–Kier alpha value is -2.00. The Labute approximate surface area is 129 Å². The molecule has 0 unspecified atom stereocenters. The summed E-state index contributed by atoms with van der Waals surface area (Å²) in [6, 6.07) is 8.83. The van der Waals surface area contributed by atoms with Crippen molar-refractivity contribution in [2.24, 2.45) is 0 Å². The average molecular weight is 372 g/mol. The van der Waals surface area contributed by atoms with E-state index in [0.29, 0.717) is 4.60 Å². The summed E-state index contributed by atoms with van der Waals surface area (Å²) in [7, 11) is -3.79. The van der Waals surface area contributed by atoms with Gasteiger partial charge in [0.2, 0.25) is 10.0 Å². The lowest BCUT2D eigenvalue weighted by Crippen LogP contribution is -2.16. The molecule has 0 aliphatic heterocycles. The lowest BCUT2D eigenvalue weighted by atomic mass is 10.2. The predicted molar refractivity (Wildman–Crippen MR) is 81.3 cm³/mol.